The molecule has 1 N–H and O–H groups in total. The van der Waals surface area contributed by atoms with Gasteiger partial charge < -0.3 is 5.32 Å². The summed E-state index contributed by atoms with van der Waals surface area (Å²) in [7, 11) is 0. The van der Waals surface area contributed by atoms with E-state index in [-0.39, 0.29) is 24.4 Å². The number of rotatable bonds is 7. The third-order valence-electron chi connectivity index (χ3n) is 5.38. The molecule has 31 heavy (non-hydrogen) atoms. The number of nitrogens with zero attached hydrogens (tertiary/aromatic N) is 4. The fourth-order valence-electron chi connectivity index (χ4n) is 3.54. The van der Waals surface area contributed by atoms with Crippen LogP contribution in [-0.2, 0) is 24.3 Å². The number of nitrogens with one attached hydrogen (secondary N) is 1. The summed E-state index contributed by atoms with van der Waals surface area (Å²) in [6.45, 7) is 4.88. The highest BCUT2D eigenvalue weighted by atomic mass is 16.2. The van der Waals surface area contributed by atoms with Gasteiger partial charge in [-0.2, -0.15) is 5.10 Å². The summed E-state index contributed by atoms with van der Waals surface area (Å²) < 4.78 is 3.24. The van der Waals surface area contributed by atoms with E-state index in [2.05, 4.69) is 46.6 Å². The molecule has 0 bridgehead atoms. The Labute approximate surface area is 180 Å². The van der Waals surface area contributed by atoms with Gasteiger partial charge in [0.2, 0.25) is 5.91 Å². The van der Waals surface area contributed by atoms with Crippen molar-refractivity contribution in [3.63, 3.8) is 0 Å². The first-order chi connectivity index (χ1) is 15.0. The number of amides is 1. The van der Waals surface area contributed by atoms with E-state index >= 15 is 0 Å². The molecular formula is C24H25N5O2. The molecule has 7 nitrogen and oxygen atoms in total. The third kappa shape index (κ3) is 4.55. The standard InChI is InChI=1S/C24H25N5O2/c1-3-18-7-9-19(10-8-18)15-29-21(11-13-26-29)27-22(30)12-14-28-16-25-23-17(2)5-4-6-20(23)24(28)31/h4-11,13,16H,3,12,14-15H2,1-2H3,(H,27,30). The number of hydrogen-bond acceptors (Lipinski definition) is 4. The number of benzene rings is 2. The maximum atomic E-state index is 12.7. The van der Waals surface area contributed by atoms with Gasteiger partial charge in [-0.1, -0.05) is 43.3 Å². The largest absolute Gasteiger partial charge is 0.311 e. The van der Waals surface area contributed by atoms with Crippen LogP contribution in [0.1, 0.15) is 30.0 Å². The second kappa shape index (κ2) is 8.95. The van der Waals surface area contributed by atoms with Gasteiger partial charge >= 0.3 is 0 Å². The molecule has 0 aliphatic rings. The number of hydrogen-bond donors (Lipinski definition) is 1. The molecule has 4 aromatic rings. The number of para-hydroxylation sites is 1. The number of anilines is 1. The van der Waals surface area contributed by atoms with Crippen molar-refractivity contribution < 1.29 is 4.79 Å². The molecular weight excluding hydrogens is 390 g/mol. The van der Waals surface area contributed by atoms with Crippen molar-refractivity contribution in [3.05, 3.63) is 88.1 Å². The first kappa shape index (κ1) is 20.5. The second-order valence-corrected chi connectivity index (χ2v) is 7.56. The number of aromatic nitrogens is 4. The fraction of sp³-hybridized carbons (Fsp3) is 0.250. The summed E-state index contributed by atoms with van der Waals surface area (Å²) >= 11 is 0. The van der Waals surface area contributed by atoms with E-state index in [1.165, 1.54) is 16.5 Å². The normalized spacial score (nSPS) is 11.0. The van der Waals surface area contributed by atoms with Crippen molar-refractivity contribution in [3.8, 4) is 0 Å². The Morgan fingerprint density at radius 2 is 1.84 bits per heavy atom. The summed E-state index contributed by atoms with van der Waals surface area (Å²) in [6.07, 6.45) is 4.33. The Balaban J connectivity index is 1.41. The zero-order valence-corrected chi connectivity index (χ0v) is 17.7. The average Bonchev–Trinajstić information content (AvgIpc) is 3.20. The van der Waals surface area contributed by atoms with E-state index in [0.717, 1.165) is 17.5 Å². The summed E-state index contributed by atoms with van der Waals surface area (Å²) in [4.78, 5) is 29.6. The Morgan fingerprint density at radius 3 is 2.61 bits per heavy atom. The summed E-state index contributed by atoms with van der Waals surface area (Å²) in [5, 5.41) is 7.78. The van der Waals surface area contributed by atoms with Gasteiger partial charge in [-0.25, -0.2) is 9.67 Å². The summed E-state index contributed by atoms with van der Waals surface area (Å²) in [6, 6.07) is 15.7. The fourth-order valence-corrected chi connectivity index (χ4v) is 3.54. The Morgan fingerprint density at radius 1 is 1.06 bits per heavy atom. The molecule has 0 atom stereocenters. The van der Waals surface area contributed by atoms with Gasteiger partial charge in [0.25, 0.3) is 5.56 Å². The molecule has 2 heterocycles. The van der Waals surface area contributed by atoms with Crippen LogP contribution in [0.5, 0.6) is 0 Å². The van der Waals surface area contributed by atoms with Crippen LogP contribution in [0.2, 0.25) is 0 Å². The van der Waals surface area contributed by atoms with Gasteiger partial charge in [-0.05, 0) is 36.1 Å². The van der Waals surface area contributed by atoms with E-state index in [9.17, 15) is 9.59 Å². The van der Waals surface area contributed by atoms with Crippen LogP contribution < -0.4 is 10.9 Å². The van der Waals surface area contributed by atoms with E-state index in [1.807, 2.05) is 19.1 Å². The minimum Gasteiger partial charge on any atom is -0.311 e. The number of fused-ring (bicyclic) bond motifs is 1. The number of carbonyl (C=O) groups is 1. The zero-order chi connectivity index (χ0) is 21.8. The summed E-state index contributed by atoms with van der Waals surface area (Å²) in [5.74, 6) is 0.448. The van der Waals surface area contributed by atoms with Crippen molar-refractivity contribution >= 4 is 22.6 Å². The molecule has 1 amide bonds. The van der Waals surface area contributed by atoms with E-state index < -0.39 is 0 Å². The zero-order valence-electron chi connectivity index (χ0n) is 17.7. The molecule has 0 aliphatic heterocycles. The minimum atomic E-state index is -0.181. The molecule has 7 heteroatoms. The molecule has 0 saturated heterocycles. The van der Waals surface area contributed by atoms with Crippen LogP contribution in [0.4, 0.5) is 5.82 Å². The highest BCUT2D eigenvalue weighted by Gasteiger charge is 2.10. The molecule has 2 aromatic carbocycles. The average molecular weight is 415 g/mol. The first-order valence-electron chi connectivity index (χ1n) is 10.4. The molecule has 158 valence electrons. The quantitative estimate of drug-likeness (QED) is 0.501. The molecule has 0 aliphatic carbocycles. The van der Waals surface area contributed by atoms with Crippen LogP contribution in [0.3, 0.4) is 0 Å². The number of carbonyl (C=O) groups excluding carboxylic acids is 1. The topological polar surface area (TPSA) is 81.8 Å². The van der Waals surface area contributed by atoms with Crippen molar-refractivity contribution in [2.45, 2.75) is 39.8 Å². The van der Waals surface area contributed by atoms with Gasteiger partial charge in [-0.15, -0.1) is 0 Å². The lowest BCUT2D eigenvalue weighted by Gasteiger charge is -2.11. The lowest BCUT2D eigenvalue weighted by molar-refractivity contribution is -0.116. The van der Waals surface area contributed by atoms with E-state index in [4.69, 9.17) is 0 Å². The molecule has 0 spiro atoms. The van der Waals surface area contributed by atoms with Crippen LogP contribution in [0.25, 0.3) is 10.9 Å². The van der Waals surface area contributed by atoms with Gasteiger partial charge in [-0.3, -0.25) is 14.2 Å². The van der Waals surface area contributed by atoms with Crippen LogP contribution >= 0.6 is 0 Å². The highest BCUT2D eigenvalue weighted by Crippen LogP contribution is 2.13. The molecule has 0 saturated carbocycles. The molecule has 4 rings (SSSR count). The lowest BCUT2D eigenvalue weighted by Crippen LogP contribution is -2.24. The predicted molar refractivity (Wildman–Crippen MR) is 121 cm³/mol. The van der Waals surface area contributed by atoms with Gasteiger partial charge in [0.05, 0.1) is 30.0 Å². The van der Waals surface area contributed by atoms with Crippen LogP contribution in [-0.4, -0.2) is 25.2 Å². The SMILES string of the molecule is CCc1ccc(Cn2nccc2NC(=O)CCn2cnc3c(C)cccc3c2=O)cc1. The molecule has 0 unspecified atom stereocenters. The summed E-state index contributed by atoms with van der Waals surface area (Å²) in [5.41, 5.74) is 3.91. The van der Waals surface area contributed by atoms with Crippen molar-refractivity contribution in [2.24, 2.45) is 0 Å². The van der Waals surface area contributed by atoms with Crippen molar-refractivity contribution in [1.82, 2.24) is 19.3 Å². The maximum Gasteiger partial charge on any atom is 0.261 e. The molecule has 0 radical (unpaired) electrons. The monoisotopic (exact) mass is 415 g/mol. The predicted octanol–water partition coefficient (Wildman–Crippen LogP) is 3.54. The minimum absolute atomic E-state index is 0.137. The molecule has 2 aromatic heterocycles. The maximum absolute atomic E-state index is 12.7. The van der Waals surface area contributed by atoms with Gasteiger partial charge in [0.1, 0.15) is 5.82 Å². The first-order valence-corrected chi connectivity index (χ1v) is 10.4. The molecule has 0 fully saturated rings. The van der Waals surface area contributed by atoms with Crippen LogP contribution in [0, 0.1) is 6.92 Å². The smallest absolute Gasteiger partial charge is 0.261 e. The third-order valence-corrected chi connectivity index (χ3v) is 5.38. The van der Waals surface area contributed by atoms with E-state index in [1.54, 1.807) is 23.0 Å². The van der Waals surface area contributed by atoms with Gasteiger partial charge in [0.15, 0.2) is 0 Å². The highest BCUT2D eigenvalue weighted by molar-refractivity contribution is 5.89. The van der Waals surface area contributed by atoms with E-state index in [0.29, 0.717) is 23.3 Å². The lowest BCUT2D eigenvalue weighted by atomic mass is 10.1. The van der Waals surface area contributed by atoms with Crippen molar-refractivity contribution in [2.75, 3.05) is 5.32 Å². The second-order valence-electron chi connectivity index (χ2n) is 7.56. The van der Waals surface area contributed by atoms with Crippen molar-refractivity contribution in [1.29, 1.82) is 0 Å². The van der Waals surface area contributed by atoms with Gasteiger partial charge in [0, 0.05) is 19.0 Å². The number of aryl methyl sites for hydroxylation is 3. The van der Waals surface area contributed by atoms with Crippen LogP contribution in [0.15, 0.2) is 65.8 Å². The Hall–Kier alpha value is -3.74. The Bertz CT molecular complexity index is 1270. The Kier molecular flexibility index (Phi) is 5.93.